The SMILES string of the molecule is CN(C)CCCNc1nc(CN2CCN(C(=O)c3ccccn3)CC2)nc2ccccc12. The first-order valence-corrected chi connectivity index (χ1v) is 11.2. The summed E-state index contributed by atoms with van der Waals surface area (Å²) in [5, 5.41) is 4.55. The fourth-order valence-corrected chi connectivity index (χ4v) is 3.89. The van der Waals surface area contributed by atoms with Crippen molar-refractivity contribution < 1.29 is 4.79 Å². The van der Waals surface area contributed by atoms with E-state index in [1.807, 2.05) is 35.2 Å². The minimum atomic E-state index is -0.00332. The second-order valence-electron chi connectivity index (χ2n) is 8.37. The van der Waals surface area contributed by atoms with Crippen LogP contribution in [0.25, 0.3) is 10.9 Å². The van der Waals surface area contributed by atoms with Crippen LogP contribution in [0.15, 0.2) is 48.7 Å². The van der Waals surface area contributed by atoms with E-state index in [1.54, 1.807) is 12.3 Å². The average molecular weight is 434 g/mol. The monoisotopic (exact) mass is 433 g/mol. The zero-order chi connectivity index (χ0) is 22.3. The predicted octanol–water partition coefficient (Wildman–Crippen LogP) is 2.35. The third-order valence-electron chi connectivity index (χ3n) is 5.63. The third kappa shape index (κ3) is 5.57. The minimum Gasteiger partial charge on any atom is -0.369 e. The summed E-state index contributed by atoms with van der Waals surface area (Å²) in [4.78, 5) is 32.8. The number of hydrogen-bond donors (Lipinski definition) is 1. The molecule has 0 aliphatic carbocycles. The summed E-state index contributed by atoms with van der Waals surface area (Å²) in [6, 6.07) is 13.6. The molecule has 0 bridgehead atoms. The average Bonchev–Trinajstić information content (AvgIpc) is 2.82. The molecule has 1 fully saturated rings. The molecule has 4 rings (SSSR count). The highest BCUT2D eigenvalue weighted by atomic mass is 16.2. The molecule has 8 nitrogen and oxygen atoms in total. The van der Waals surface area contributed by atoms with E-state index in [0.29, 0.717) is 25.3 Å². The van der Waals surface area contributed by atoms with Gasteiger partial charge in [-0.05, 0) is 51.3 Å². The number of hydrogen-bond acceptors (Lipinski definition) is 7. The van der Waals surface area contributed by atoms with Crippen LogP contribution in [-0.2, 0) is 6.54 Å². The molecule has 2 aromatic heterocycles. The van der Waals surface area contributed by atoms with Crippen molar-refractivity contribution in [2.75, 3.05) is 58.7 Å². The van der Waals surface area contributed by atoms with Crippen LogP contribution >= 0.6 is 0 Å². The van der Waals surface area contributed by atoms with Crippen molar-refractivity contribution in [2.45, 2.75) is 13.0 Å². The topological polar surface area (TPSA) is 77.5 Å². The van der Waals surface area contributed by atoms with Crippen molar-refractivity contribution in [3.8, 4) is 0 Å². The molecule has 0 atom stereocenters. The number of benzene rings is 1. The summed E-state index contributed by atoms with van der Waals surface area (Å²) in [6.45, 7) is 5.51. The maximum absolute atomic E-state index is 12.6. The van der Waals surface area contributed by atoms with Crippen LogP contribution in [0, 0.1) is 0 Å². The fourth-order valence-electron chi connectivity index (χ4n) is 3.89. The number of carbonyl (C=O) groups excluding carboxylic acids is 1. The first kappa shape index (κ1) is 22.1. The van der Waals surface area contributed by atoms with Gasteiger partial charge in [-0.1, -0.05) is 18.2 Å². The number of aromatic nitrogens is 3. The first-order valence-electron chi connectivity index (χ1n) is 11.2. The van der Waals surface area contributed by atoms with Gasteiger partial charge in [-0.25, -0.2) is 9.97 Å². The van der Waals surface area contributed by atoms with Gasteiger partial charge in [0.1, 0.15) is 17.3 Å². The zero-order valence-corrected chi connectivity index (χ0v) is 18.9. The number of anilines is 1. The Bertz CT molecular complexity index is 1030. The lowest BCUT2D eigenvalue weighted by Crippen LogP contribution is -2.48. The van der Waals surface area contributed by atoms with Gasteiger partial charge < -0.3 is 15.1 Å². The van der Waals surface area contributed by atoms with Crippen molar-refractivity contribution >= 4 is 22.6 Å². The molecule has 0 saturated carbocycles. The molecule has 1 aromatic carbocycles. The molecule has 0 spiro atoms. The van der Waals surface area contributed by atoms with Crippen LogP contribution in [0.4, 0.5) is 5.82 Å². The van der Waals surface area contributed by atoms with E-state index >= 15 is 0 Å². The van der Waals surface area contributed by atoms with Gasteiger partial charge in [0.25, 0.3) is 5.91 Å². The maximum Gasteiger partial charge on any atom is 0.272 e. The molecule has 3 aromatic rings. The number of nitrogens with zero attached hydrogens (tertiary/aromatic N) is 6. The highest BCUT2D eigenvalue weighted by molar-refractivity contribution is 5.92. The largest absolute Gasteiger partial charge is 0.369 e. The van der Waals surface area contributed by atoms with Crippen LogP contribution in [0.1, 0.15) is 22.7 Å². The Hall–Kier alpha value is -3.10. The number of fused-ring (bicyclic) bond motifs is 1. The molecule has 1 amide bonds. The normalized spacial score (nSPS) is 14.8. The summed E-state index contributed by atoms with van der Waals surface area (Å²) >= 11 is 0. The number of nitrogens with one attached hydrogen (secondary N) is 1. The van der Waals surface area contributed by atoms with Gasteiger partial charge in [-0.15, -0.1) is 0 Å². The Labute approximate surface area is 189 Å². The molecular formula is C24H31N7O. The standard InChI is InChI=1S/C24H31N7O/c1-29(2)13-7-12-26-23-19-8-3-4-9-20(19)27-22(28-23)18-30-14-16-31(17-15-30)24(32)21-10-5-6-11-25-21/h3-6,8-11H,7,12-18H2,1-2H3,(H,26,27,28). The van der Waals surface area contributed by atoms with Crippen molar-refractivity contribution in [1.82, 2.24) is 29.7 Å². The summed E-state index contributed by atoms with van der Waals surface area (Å²) in [6.07, 6.45) is 2.71. The van der Waals surface area contributed by atoms with Crippen LogP contribution in [0.2, 0.25) is 0 Å². The lowest BCUT2D eigenvalue weighted by atomic mass is 10.2. The molecule has 168 valence electrons. The van der Waals surface area contributed by atoms with Crippen LogP contribution in [0.3, 0.4) is 0 Å². The molecular weight excluding hydrogens is 402 g/mol. The third-order valence-corrected chi connectivity index (χ3v) is 5.63. The number of para-hydroxylation sites is 1. The van der Waals surface area contributed by atoms with Crippen molar-refractivity contribution in [3.05, 3.63) is 60.2 Å². The van der Waals surface area contributed by atoms with E-state index in [2.05, 4.69) is 40.3 Å². The van der Waals surface area contributed by atoms with Gasteiger partial charge in [0.2, 0.25) is 0 Å². The summed E-state index contributed by atoms with van der Waals surface area (Å²) < 4.78 is 0. The Balaban J connectivity index is 1.39. The highest BCUT2D eigenvalue weighted by Crippen LogP contribution is 2.21. The van der Waals surface area contributed by atoms with Crippen LogP contribution < -0.4 is 5.32 Å². The van der Waals surface area contributed by atoms with Gasteiger partial charge in [0.15, 0.2) is 0 Å². The molecule has 1 saturated heterocycles. The van der Waals surface area contributed by atoms with E-state index in [1.165, 1.54) is 0 Å². The molecule has 1 aliphatic heterocycles. The molecule has 1 N–H and O–H groups in total. The van der Waals surface area contributed by atoms with E-state index in [0.717, 1.165) is 55.1 Å². The second-order valence-corrected chi connectivity index (χ2v) is 8.37. The van der Waals surface area contributed by atoms with Crippen molar-refractivity contribution in [1.29, 1.82) is 0 Å². The van der Waals surface area contributed by atoms with Crippen LogP contribution in [0.5, 0.6) is 0 Å². The Morgan fingerprint density at radius 2 is 1.81 bits per heavy atom. The molecule has 1 aliphatic rings. The minimum absolute atomic E-state index is 0.00332. The zero-order valence-electron chi connectivity index (χ0n) is 18.9. The van der Waals surface area contributed by atoms with Gasteiger partial charge in [0, 0.05) is 44.3 Å². The number of carbonyl (C=O) groups is 1. The van der Waals surface area contributed by atoms with E-state index in [9.17, 15) is 4.79 Å². The number of pyridine rings is 1. The van der Waals surface area contributed by atoms with Gasteiger partial charge in [-0.2, -0.15) is 0 Å². The van der Waals surface area contributed by atoms with Gasteiger partial charge in [-0.3, -0.25) is 14.7 Å². The molecule has 3 heterocycles. The quantitative estimate of drug-likeness (QED) is 0.547. The smallest absolute Gasteiger partial charge is 0.272 e. The van der Waals surface area contributed by atoms with Crippen molar-refractivity contribution in [2.24, 2.45) is 0 Å². The molecule has 0 radical (unpaired) electrons. The molecule has 32 heavy (non-hydrogen) atoms. The predicted molar refractivity (Wildman–Crippen MR) is 127 cm³/mol. The Morgan fingerprint density at radius 1 is 1.03 bits per heavy atom. The van der Waals surface area contributed by atoms with E-state index in [-0.39, 0.29) is 5.91 Å². The van der Waals surface area contributed by atoms with E-state index in [4.69, 9.17) is 9.97 Å². The second kappa shape index (κ2) is 10.5. The fraction of sp³-hybridized carbons (Fsp3) is 0.417. The van der Waals surface area contributed by atoms with Gasteiger partial charge in [0.05, 0.1) is 12.1 Å². The first-order chi connectivity index (χ1) is 15.6. The number of amides is 1. The highest BCUT2D eigenvalue weighted by Gasteiger charge is 2.23. The summed E-state index contributed by atoms with van der Waals surface area (Å²) in [7, 11) is 4.17. The summed E-state index contributed by atoms with van der Waals surface area (Å²) in [5.74, 6) is 1.70. The molecule has 0 unspecified atom stereocenters. The van der Waals surface area contributed by atoms with Gasteiger partial charge >= 0.3 is 0 Å². The van der Waals surface area contributed by atoms with Crippen LogP contribution in [-0.4, -0.2) is 88.9 Å². The van der Waals surface area contributed by atoms with E-state index < -0.39 is 0 Å². The number of rotatable bonds is 8. The number of piperazine rings is 1. The summed E-state index contributed by atoms with van der Waals surface area (Å²) in [5.41, 5.74) is 1.46. The van der Waals surface area contributed by atoms with Crippen molar-refractivity contribution in [3.63, 3.8) is 0 Å². The molecule has 8 heteroatoms. The Morgan fingerprint density at radius 3 is 2.56 bits per heavy atom. The lowest BCUT2D eigenvalue weighted by Gasteiger charge is -2.34. The Kier molecular flexibility index (Phi) is 7.24. The maximum atomic E-state index is 12.6. The lowest BCUT2D eigenvalue weighted by molar-refractivity contribution is 0.0620.